The highest BCUT2D eigenvalue weighted by Gasteiger charge is 2.14. The van der Waals surface area contributed by atoms with E-state index in [0.717, 1.165) is 0 Å². The van der Waals surface area contributed by atoms with Crippen molar-refractivity contribution in [2.45, 2.75) is 33.2 Å². The van der Waals surface area contributed by atoms with Gasteiger partial charge in [-0.25, -0.2) is 4.57 Å². The van der Waals surface area contributed by atoms with Crippen LogP contribution < -0.4 is 4.57 Å². The minimum atomic E-state index is -0.876. The predicted octanol–water partition coefficient (Wildman–Crippen LogP) is 0.996. The summed E-state index contributed by atoms with van der Waals surface area (Å²) < 4.78 is 1.95. The molecule has 5 heteroatoms. The molecule has 5 nitrogen and oxygen atoms in total. The van der Waals surface area contributed by atoms with E-state index in [1.54, 1.807) is 4.90 Å². The van der Waals surface area contributed by atoms with Crippen LogP contribution in [0, 0.1) is 6.92 Å². The smallest absolute Gasteiger partial charge is 0.305 e. The Hall–Kier alpha value is -1.91. The lowest BCUT2D eigenvalue weighted by Gasteiger charge is -2.19. The van der Waals surface area contributed by atoms with Gasteiger partial charge in [0.2, 0.25) is 5.91 Å². The first-order valence-electron chi connectivity index (χ1n) is 6.48. The molecule has 0 saturated carbocycles. The number of amides is 1. The summed E-state index contributed by atoms with van der Waals surface area (Å²) in [5.41, 5.74) is 1.18. The van der Waals surface area contributed by atoms with Gasteiger partial charge in [-0.15, -0.1) is 0 Å². The van der Waals surface area contributed by atoms with E-state index in [4.69, 9.17) is 5.11 Å². The number of nitrogens with zero attached hydrogens (tertiary/aromatic N) is 2. The van der Waals surface area contributed by atoms with Crippen molar-refractivity contribution in [3.63, 3.8) is 0 Å². The summed E-state index contributed by atoms with van der Waals surface area (Å²) in [6.45, 7) is 5.32. The molecule has 0 aliphatic carbocycles. The van der Waals surface area contributed by atoms with Crippen molar-refractivity contribution in [2.75, 3.05) is 13.1 Å². The Morgan fingerprint density at radius 2 is 1.89 bits per heavy atom. The molecule has 19 heavy (non-hydrogen) atoms. The Morgan fingerprint density at radius 1 is 1.26 bits per heavy atom. The highest BCUT2D eigenvalue weighted by molar-refractivity contribution is 5.76. The summed E-state index contributed by atoms with van der Waals surface area (Å²) in [6, 6.07) is 3.99. The van der Waals surface area contributed by atoms with Gasteiger partial charge in [0.1, 0.15) is 0 Å². The molecule has 1 amide bonds. The topological polar surface area (TPSA) is 61.5 Å². The van der Waals surface area contributed by atoms with Crippen molar-refractivity contribution in [3.8, 4) is 0 Å². The average Bonchev–Trinajstić information content (AvgIpc) is 2.38. The molecule has 0 fully saturated rings. The first-order valence-corrected chi connectivity index (χ1v) is 6.48. The SMILES string of the molecule is CCN(CCC(=O)O)C(=O)CC[n+]1ccc(C)cc1. The van der Waals surface area contributed by atoms with E-state index in [0.29, 0.717) is 19.5 Å². The van der Waals surface area contributed by atoms with E-state index < -0.39 is 5.97 Å². The maximum absolute atomic E-state index is 11.9. The summed E-state index contributed by atoms with van der Waals surface area (Å²) in [6.07, 6.45) is 4.27. The average molecular weight is 265 g/mol. The van der Waals surface area contributed by atoms with Crippen LogP contribution in [0.5, 0.6) is 0 Å². The number of rotatable bonds is 7. The number of aryl methyl sites for hydroxylation is 2. The monoisotopic (exact) mass is 265 g/mol. The van der Waals surface area contributed by atoms with Gasteiger partial charge in [-0.3, -0.25) is 9.59 Å². The van der Waals surface area contributed by atoms with Crippen LogP contribution in [0.15, 0.2) is 24.5 Å². The predicted molar refractivity (Wildman–Crippen MR) is 70.5 cm³/mol. The van der Waals surface area contributed by atoms with Crippen molar-refractivity contribution in [2.24, 2.45) is 0 Å². The summed E-state index contributed by atoms with van der Waals surface area (Å²) >= 11 is 0. The third-order valence-corrected chi connectivity index (χ3v) is 2.97. The number of aliphatic carboxylic acids is 1. The molecule has 1 aromatic heterocycles. The molecule has 1 N–H and O–H groups in total. The fourth-order valence-electron chi connectivity index (χ4n) is 1.75. The second-order valence-electron chi connectivity index (χ2n) is 4.48. The summed E-state index contributed by atoms with van der Waals surface area (Å²) in [7, 11) is 0. The summed E-state index contributed by atoms with van der Waals surface area (Å²) in [5.74, 6) is -0.879. The third kappa shape index (κ3) is 5.50. The van der Waals surface area contributed by atoms with Gasteiger partial charge in [-0.05, 0) is 19.4 Å². The van der Waals surface area contributed by atoms with Crippen LogP contribution >= 0.6 is 0 Å². The number of pyridine rings is 1. The van der Waals surface area contributed by atoms with Crippen molar-refractivity contribution >= 4 is 11.9 Å². The Bertz CT molecular complexity index is 429. The zero-order chi connectivity index (χ0) is 14.3. The van der Waals surface area contributed by atoms with Gasteiger partial charge in [0.25, 0.3) is 0 Å². The molecular weight excluding hydrogens is 244 g/mol. The number of aromatic nitrogens is 1. The van der Waals surface area contributed by atoms with Crippen molar-refractivity contribution < 1.29 is 19.3 Å². The maximum atomic E-state index is 11.9. The molecule has 0 aliphatic rings. The lowest BCUT2D eigenvalue weighted by Crippen LogP contribution is -2.38. The van der Waals surface area contributed by atoms with E-state index >= 15 is 0 Å². The molecule has 0 atom stereocenters. The van der Waals surface area contributed by atoms with Crippen molar-refractivity contribution in [3.05, 3.63) is 30.1 Å². The molecule has 1 rings (SSSR count). The van der Waals surface area contributed by atoms with Crippen LogP contribution in [0.2, 0.25) is 0 Å². The van der Waals surface area contributed by atoms with Crippen LogP contribution in [0.1, 0.15) is 25.3 Å². The fraction of sp³-hybridized carbons (Fsp3) is 0.500. The molecular formula is C14H21N2O3+. The van der Waals surface area contributed by atoms with E-state index in [1.165, 1.54) is 5.56 Å². The zero-order valence-corrected chi connectivity index (χ0v) is 11.5. The fourth-order valence-corrected chi connectivity index (χ4v) is 1.75. The number of carbonyl (C=O) groups excluding carboxylic acids is 1. The number of carboxylic acids is 1. The molecule has 0 aliphatic heterocycles. The van der Waals surface area contributed by atoms with Crippen molar-refractivity contribution in [1.29, 1.82) is 0 Å². The molecule has 0 spiro atoms. The molecule has 104 valence electrons. The van der Waals surface area contributed by atoms with E-state index in [-0.39, 0.29) is 18.9 Å². The summed E-state index contributed by atoms with van der Waals surface area (Å²) in [5, 5.41) is 8.63. The van der Waals surface area contributed by atoms with Crippen molar-refractivity contribution in [1.82, 2.24) is 4.90 Å². The maximum Gasteiger partial charge on any atom is 0.305 e. The van der Waals surface area contributed by atoms with Gasteiger partial charge in [-0.2, -0.15) is 0 Å². The highest BCUT2D eigenvalue weighted by atomic mass is 16.4. The van der Waals surface area contributed by atoms with Gasteiger partial charge < -0.3 is 10.0 Å². The molecule has 0 unspecified atom stereocenters. The van der Waals surface area contributed by atoms with Gasteiger partial charge >= 0.3 is 5.97 Å². The Kier molecular flexibility index (Phi) is 5.99. The number of carboxylic acid groups (broad SMARTS) is 1. The molecule has 0 bridgehead atoms. The van der Waals surface area contributed by atoms with Crippen LogP contribution in [-0.2, 0) is 16.1 Å². The highest BCUT2D eigenvalue weighted by Crippen LogP contribution is 1.97. The lowest BCUT2D eigenvalue weighted by molar-refractivity contribution is -0.696. The minimum Gasteiger partial charge on any atom is -0.481 e. The van der Waals surface area contributed by atoms with E-state index in [9.17, 15) is 9.59 Å². The van der Waals surface area contributed by atoms with Gasteiger partial charge in [-0.1, -0.05) is 0 Å². The Labute approximate surface area is 113 Å². The quantitative estimate of drug-likeness (QED) is 0.748. The first-order chi connectivity index (χ1) is 9.02. The second-order valence-corrected chi connectivity index (χ2v) is 4.48. The Morgan fingerprint density at radius 3 is 2.42 bits per heavy atom. The van der Waals surface area contributed by atoms with E-state index in [1.807, 2.05) is 42.9 Å². The number of hydrogen-bond acceptors (Lipinski definition) is 2. The standard InChI is InChI=1S/C14H20N2O3/c1-3-16(11-7-14(18)19)13(17)6-10-15-8-4-12(2)5-9-15/h4-5,8-9H,3,6-7,10-11H2,1-2H3/p+1. The lowest BCUT2D eigenvalue weighted by atomic mass is 10.3. The summed E-state index contributed by atoms with van der Waals surface area (Å²) in [4.78, 5) is 24.0. The first kappa shape index (κ1) is 15.1. The molecule has 1 aromatic rings. The van der Waals surface area contributed by atoms with Crippen LogP contribution in [0.3, 0.4) is 0 Å². The van der Waals surface area contributed by atoms with Gasteiger partial charge in [0, 0.05) is 25.2 Å². The number of carbonyl (C=O) groups is 2. The largest absolute Gasteiger partial charge is 0.481 e. The van der Waals surface area contributed by atoms with Crippen LogP contribution in [0.25, 0.3) is 0 Å². The van der Waals surface area contributed by atoms with Crippen LogP contribution in [0.4, 0.5) is 0 Å². The second kappa shape index (κ2) is 7.51. The minimum absolute atomic E-state index is 0.00272. The van der Waals surface area contributed by atoms with E-state index in [2.05, 4.69) is 0 Å². The number of hydrogen-bond donors (Lipinski definition) is 1. The molecule has 1 heterocycles. The zero-order valence-electron chi connectivity index (χ0n) is 11.5. The van der Waals surface area contributed by atoms with Gasteiger partial charge in [0.15, 0.2) is 18.9 Å². The van der Waals surface area contributed by atoms with Crippen LogP contribution in [-0.4, -0.2) is 35.0 Å². The molecule has 0 saturated heterocycles. The van der Waals surface area contributed by atoms with Gasteiger partial charge in [0.05, 0.1) is 12.8 Å². The molecule has 0 aromatic carbocycles. The third-order valence-electron chi connectivity index (χ3n) is 2.97. The normalized spacial score (nSPS) is 10.2. The molecule has 0 radical (unpaired) electrons. The Balaban J connectivity index is 2.44.